The largest absolute Gasteiger partial charge is 0.502 e. The average molecular weight is 1160 g/mol. The molecule has 446 valence electrons. The number of nitriles is 1. The molecule has 1 heterocycles. The normalized spacial score (nSPS) is 15.5. The lowest BCUT2D eigenvalue weighted by molar-refractivity contribution is 0.0114. The summed E-state index contributed by atoms with van der Waals surface area (Å²) in [4.78, 5) is 48.2. The number of nitrogens with two attached hydrogens (primary N) is 1. The van der Waals surface area contributed by atoms with Gasteiger partial charge >= 0.3 is 18.2 Å². The number of carbonyl (C=O) groups is 3. The van der Waals surface area contributed by atoms with Gasteiger partial charge in [0.05, 0.1) is 57.9 Å². The number of aliphatic hydroxyl groups is 1. The number of amides is 2. The topological polar surface area (TPSA) is 270 Å². The SMILES string of the molecule is CC(C)(C)OC(=O)N(CCO[Si](C)(C)C(C)(C)C)[C@H]1CCc2c(/C(N)=N\O)cccc21.[2H]C(C)(C)Oc1ccc(-c2nc(-c3cccc4c3CC[C@@H]4N(CCO)C(=O)OC(C)(C)C)no2)cc1[N+]#[C-].[2H]C(C)(C)Oc1ccc(C(=O)O)cc1C#N. The van der Waals surface area contributed by atoms with Gasteiger partial charge in [0.1, 0.15) is 28.8 Å². The Morgan fingerprint density at radius 2 is 1.41 bits per heavy atom. The highest BCUT2D eigenvalue weighted by atomic mass is 28.4. The van der Waals surface area contributed by atoms with Crippen molar-refractivity contribution in [3.8, 4) is 40.4 Å². The van der Waals surface area contributed by atoms with Gasteiger partial charge < -0.3 is 49.1 Å². The second-order valence-corrected chi connectivity index (χ2v) is 28.7. The van der Waals surface area contributed by atoms with Crippen LogP contribution in [0.25, 0.3) is 27.7 Å². The number of fused-ring (bicyclic) bond motifs is 2. The van der Waals surface area contributed by atoms with Gasteiger partial charge in [-0.1, -0.05) is 67.5 Å². The Bertz CT molecular complexity index is 3300. The van der Waals surface area contributed by atoms with Gasteiger partial charge in [-0.15, -0.1) is 0 Å². The maximum Gasteiger partial charge on any atom is 0.410 e. The Balaban J connectivity index is 0.000000252. The number of carboxylic acid groups (broad SMARTS) is 1. The van der Waals surface area contributed by atoms with E-state index in [4.69, 9.17) is 58.5 Å². The van der Waals surface area contributed by atoms with E-state index in [9.17, 15) is 19.5 Å². The first-order valence-corrected chi connectivity index (χ1v) is 30.3. The zero-order valence-corrected chi connectivity index (χ0v) is 51.5. The van der Waals surface area contributed by atoms with Crippen LogP contribution in [0, 0.1) is 17.9 Å². The smallest absolute Gasteiger partial charge is 0.410 e. The van der Waals surface area contributed by atoms with Crippen molar-refractivity contribution in [2.24, 2.45) is 10.9 Å². The van der Waals surface area contributed by atoms with Crippen LogP contribution in [0.3, 0.4) is 0 Å². The number of rotatable bonds is 16. The molecule has 0 bridgehead atoms. The number of carboxylic acids is 1. The van der Waals surface area contributed by atoms with Gasteiger partial charge in [-0.3, -0.25) is 9.80 Å². The number of hydrogen-bond donors (Lipinski definition) is 4. The zero-order valence-electron chi connectivity index (χ0n) is 52.5. The number of amidine groups is 1. The van der Waals surface area contributed by atoms with Crippen LogP contribution in [-0.2, 0) is 26.7 Å². The van der Waals surface area contributed by atoms with Crippen LogP contribution in [0.5, 0.6) is 11.5 Å². The van der Waals surface area contributed by atoms with Gasteiger partial charge in [-0.05, 0) is 172 Å². The van der Waals surface area contributed by atoms with E-state index < -0.39 is 43.7 Å². The summed E-state index contributed by atoms with van der Waals surface area (Å²) in [5, 5.41) is 43.8. The average Bonchev–Trinajstić information content (AvgIpc) is 3.08. The van der Waals surface area contributed by atoms with Crippen LogP contribution >= 0.6 is 0 Å². The Kier molecular flexibility index (Phi) is 21.0. The van der Waals surface area contributed by atoms with Gasteiger partial charge in [-0.2, -0.15) is 10.2 Å². The molecule has 5 aromatic rings. The lowest BCUT2D eigenvalue weighted by Crippen LogP contribution is -2.45. The summed E-state index contributed by atoms with van der Waals surface area (Å²) < 4.78 is 49.5. The number of carbonyl (C=O) groups excluding carboxylic acids is 2. The molecule has 0 radical (unpaired) electrons. The molecule has 5 N–H and O–H groups in total. The Hall–Kier alpha value is -7.98. The highest BCUT2D eigenvalue weighted by Gasteiger charge is 2.40. The van der Waals surface area contributed by atoms with E-state index in [2.05, 4.69) is 54.0 Å². The molecule has 0 saturated heterocycles. The molecule has 0 unspecified atom stereocenters. The zero-order chi connectivity index (χ0) is 63.6. The molecule has 0 spiro atoms. The van der Waals surface area contributed by atoms with E-state index in [-0.39, 0.29) is 70.7 Å². The third kappa shape index (κ3) is 17.5. The van der Waals surface area contributed by atoms with Crippen molar-refractivity contribution in [3.63, 3.8) is 0 Å². The van der Waals surface area contributed by atoms with Crippen LogP contribution in [-0.4, -0.2) is 117 Å². The van der Waals surface area contributed by atoms with Crippen molar-refractivity contribution in [1.29, 1.82) is 5.26 Å². The number of hydrogen-bond acceptors (Lipinski definition) is 15. The number of nitrogens with zero attached hydrogens (tertiary/aromatic N) is 7. The predicted octanol–water partition coefficient (Wildman–Crippen LogP) is 13.0. The minimum absolute atomic E-state index is 0.0201. The summed E-state index contributed by atoms with van der Waals surface area (Å²) >= 11 is 0. The number of benzene rings is 4. The number of aromatic carboxylic acids is 1. The highest BCUT2D eigenvalue weighted by molar-refractivity contribution is 6.74. The molecule has 83 heavy (non-hydrogen) atoms. The molecule has 2 atom stereocenters. The summed E-state index contributed by atoms with van der Waals surface area (Å²) in [6, 6.07) is 21.9. The maximum atomic E-state index is 13.2. The van der Waals surface area contributed by atoms with Gasteiger partial charge in [0, 0.05) is 29.8 Å². The van der Waals surface area contributed by atoms with Crippen LogP contribution in [0.1, 0.15) is 161 Å². The van der Waals surface area contributed by atoms with Crippen LogP contribution in [0.15, 0.2) is 82.5 Å². The third-order valence-corrected chi connectivity index (χ3v) is 18.3. The summed E-state index contributed by atoms with van der Waals surface area (Å²) in [5.74, 6) is 0.168. The van der Waals surface area contributed by atoms with Gasteiger partial charge in [0.15, 0.2) is 14.2 Å². The quantitative estimate of drug-likeness (QED) is 0.0179. The number of aliphatic hydroxyl groups excluding tert-OH is 1. The molecule has 0 fully saturated rings. The van der Waals surface area contributed by atoms with E-state index in [0.29, 0.717) is 48.7 Å². The van der Waals surface area contributed by atoms with Crippen LogP contribution in [0.2, 0.25) is 18.1 Å². The first-order valence-electron chi connectivity index (χ1n) is 28.4. The summed E-state index contributed by atoms with van der Waals surface area (Å²) in [6.07, 6.45) is -0.289. The number of oxime groups is 1. The summed E-state index contributed by atoms with van der Waals surface area (Å²) in [6.45, 7) is 36.7. The summed E-state index contributed by atoms with van der Waals surface area (Å²) in [7, 11) is -1.93. The highest BCUT2D eigenvalue weighted by Crippen LogP contribution is 2.43. The molecule has 1 aromatic heterocycles. The van der Waals surface area contributed by atoms with E-state index in [1.807, 2.05) is 84.0 Å². The van der Waals surface area contributed by atoms with Crippen molar-refractivity contribution in [2.45, 2.75) is 169 Å². The van der Waals surface area contributed by atoms with Gasteiger partial charge in [-0.25, -0.2) is 19.2 Å². The molecule has 20 nitrogen and oxygen atoms in total. The van der Waals surface area contributed by atoms with Gasteiger partial charge in [0.2, 0.25) is 11.5 Å². The molecule has 4 aromatic carbocycles. The lowest BCUT2D eigenvalue weighted by Gasteiger charge is -2.38. The van der Waals surface area contributed by atoms with E-state index in [1.165, 1.54) is 32.0 Å². The van der Waals surface area contributed by atoms with Crippen molar-refractivity contribution < 1.29 is 60.4 Å². The second-order valence-electron chi connectivity index (χ2n) is 23.9. The maximum absolute atomic E-state index is 13.2. The number of ether oxygens (including phenoxy) is 4. The van der Waals surface area contributed by atoms with E-state index >= 15 is 0 Å². The fourth-order valence-corrected chi connectivity index (χ4v) is 10.1. The van der Waals surface area contributed by atoms with Crippen LogP contribution in [0.4, 0.5) is 15.3 Å². The lowest BCUT2D eigenvalue weighted by atomic mass is 10.0. The minimum Gasteiger partial charge on any atom is -0.502 e. The monoisotopic (exact) mass is 1160 g/mol. The predicted molar refractivity (Wildman–Crippen MR) is 318 cm³/mol. The van der Waals surface area contributed by atoms with Crippen molar-refractivity contribution in [2.75, 3.05) is 26.3 Å². The summed E-state index contributed by atoms with van der Waals surface area (Å²) in [5.41, 5.74) is 11.1. The standard InChI is InChI=1S/C28H32N4O5.C23H39N3O4Si.C11H11NO3/c1-17(2)35-24-13-10-18(16-22(24)29-6)26-30-25(31-37-26)21-9-7-8-20-19(21)11-12-23(20)32(14-15-33)27(34)36-28(3,4)5;1-22(2,3)30-21(27)26(14-15-29-31(7,8)23(4,5)6)19-13-12-16-17(19)10-9-11-18(16)20(24)25-28;1-7(2)15-10-4-3-8(11(13)14)5-9(10)6-12/h7-10,13,16-17,23,33H,11-12,14-15H2,1-5H3;9-11,19,28H,12-15H2,1-8H3,(H2,24,25);3-5,7H,1-2H3,(H,13,14)/t23-;19-;/m00./s1/i17D;;7D. The fraction of sp³-hybridized carbons (Fsp3) is 0.484. The Morgan fingerprint density at radius 1 is 0.855 bits per heavy atom. The number of aromatic nitrogens is 2. The van der Waals surface area contributed by atoms with Crippen molar-refractivity contribution in [3.05, 3.63) is 123 Å². The van der Waals surface area contributed by atoms with Crippen molar-refractivity contribution >= 4 is 38.0 Å². The Morgan fingerprint density at radius 3 is 1.94 bits per heavy atom. The molecule has 7 rings (SSSR count). The molecular weight excluding hydrogens is 1080 g/mol. The molecule has 2 aliphatic carbocycles. The first kappa shape index (κ1) is 62.6. The Labute approximate surface area is 491 Å². The molecule has 0 aliphatic heterocycles. The van der Waals surface area contributed by atoms with Crippen LogP contribution < -0.4 is 15.2 Å². The molecule has 2 amide bonds. The molecule has 21 heteroatoms. The van der Waals surface area contributed by atoms with Crippen molar-refractivity contribution in [1.82, 2.24) is 19.9 Å². The minimum atomic E-state index is -1.93. The second kappa shape index (κ2) is 27.9. The molecule has 2 aliphatic rings. The van der Waals surface area contributed by atoms with E-state index in [1.54, 1.807) is 41.8 Å². The molecule has 0 saturated carbocycles. The molecular formula is C62H82N8O12Si. The first-order chi connectivity index (χ1) is 39.4. The van der Waals surface area contributed by atoms with Gasteiger partial charge in [0.25, 0.3) is 5.89 Å². The fourth-order valence-electron chi connectivity index (χ4n) is 9.08. The van der Waals surface area contributed by atoms with E-state index in [0.717, 1.165) is 40.7 Å². The third-order valence-electron chi connectivity index (χ3n) is 13.8.